The molecule has 143 valence electrons. The van der Waals surface area contributed by atoms with Crippen molar-refractivity contribution in [3.05, 3.63) is 104 Å². The van der Waals surface area contributed by atoms with Crippen molar-refractivity contribution >= 4 is 0 Å². The summed E-state index contributed by atoms with van der Waals surface area (Å²) >= 11 is 0. The summed E-state index contributed by atoms with van der Waals surface area (Å²) in [6, 6.07) is 20.0. The van der Waals surface area contributed by atoms with Gasteiger partial charge < -0.3 is 12.1 Å². The molecule has 29 heavy (non-hydrogen) atoms. The maximum atomic E-state index is 3.26. The smallest absolute Gasteiger partial charge is 0 e. The molecule has 0 saturated carbocycles. The van der Waals surface area contributed by atoms with Crippen molar-refractivity contribution in [2.75, 3.05) is 0 Å². The van der Waals surface area contributed by atoms with Crippen molar-refractivity contribution in [2.45, 2.75) is 54.4 Å². The van der Waals surface area contributed by atoms with Crippen LogP contribution in [0.25, 0.3) is 0 Å². The normalized spacial score (nSPS) is 9.86. The summed E-state index contributed by atoms with van der Waals surface area (Å²) in [4.78, 5) is 0. The Labute approximate surface area is 253 Å². The van der Waals surface area contributed by atoms with E-state index in [4.69, 9.17) is 0 Å². The number of benzene rings is 3. The molecule has 0 nitrogen and oxygen atoms in total. The molecule has 3 aromatic rings. The molecule has 0 heterocycles. The monoisotopic (exact) mass is 607 g/mol. The molecule has 0 bridgehead atoms. The molecule has 0 amide bonds. The van der Waals surface area contributed by atoms with E-state index in [0.29, 0.717) is 0 Å². The maximum Gasteiger partial charge on any atom is 0 e. The average molecular weight is 607 g/mol. The van der Waals surface area contributed by atoms with Gasteiger partial charge in [0, 0.05) is 98.1 Å². The zero-order valence-electron chi connectivity index (χ0n) is 18.6. The second-order valence-electron chi connectivity index (χ2n) is 7.72. The molecule has 3 radical (unpaired) electrons. The van der Waals surface area contributed by atoms with Gasteiger partial charge in [0.2, 0.25) is 0 Å². The molecule has 3 aromatic carbocycles. The van der Waals surface area contributed by atoms with Crippen LogP contribution in [0, 0.1) is 53.7 Å². The van der Waals surface area contributed by atoms with Crippen LogP contribution in [-0.4, -0.2) is 0 Å². The van der Waals surface area contributed by atoms with Crippen molar-refractivity contribution in [3.8, 4) is 0 Å². The van der Waals surface area contributed by atoms with Crippen LogP contribution in [-0.2, 0) is 111 Å². The molecule has 0 fully saturated rings. The van der Waals surface area contributed by atoms with Crippen molar-refractivity contribution < 1.29 is 98.1 Å². The molecule has 0 N–H and O–H groups in total. The summed E-state index contributed by atoms with van der Waals surface area (Å²) < 4.78 is 0. The van der Waals surface area contributed by atoms with Gasteiger partial charge in [-0.05, 0) is 74.4 Å². The third-order valence-electron chi connectivity index (χ3n) is 5.31. The summed E-state index contributed by atoms with van der Waals surface area (Å²) in [6.45, 7) is 13.1. The van der Waals surface area contributed by atoms with Crippen molar-refractivity contribution in [1.82, 2.24) is 0 Å². The van der Waals surface area contributed by atoms with Gasteiger partial charge in [0.05, 0.1) is 0 Å². The first-order chi connectivity index (χ1) is 12.3. The molecule has 0 aliphatic rings. The molecule has 0 unspecified atom stereocenters. The molecular formula is C26H28Y3-2. The van der Waals surface area contributed by atoms with Crippen molar-refractivity contribution in [3.63, 3.8) is 0 Å². The molecule has 0 aliphatic carbocycles. The van der Waals surface area contributed by atoms with E-state index in [-0.39, 0.29) is 98.1 Å². The number of rotatable bonds is 4. The van der Waals surface area contributed by atoms with Gasteiger partial charge >= 0.3 is 0 Å². The van der Waals surface area contributed by atoms with E-state index in [0.717, 1.165) is 18.4 Å². The third kappa shape index (κ3) is 8.11. The zero-order chi connectivity index (χ0) is 18.8. The molecule has 0 aliphatic heterocycles. The van der Waals surface area contributed by atoms with E-state index in [1.54, 1.807) is 0 Å². The number of hydrogen-bond donors (Lipinski definition) is 0. The topological polar surface area (TPSA) is 0 Å². The second-order valence-corrected chi connectivity index (χ2v) is 7.72. The predicted octanol–water partition coefficient (Wildman–Crippen LogP) is 6.31. The Morgan fingerprint density at radius 1 is 0.552 bits per heavy atom. The molecule has 0 spiro atoms. The van der Waals surface area contributed by atoms with Gasteiger partial charge in [-0.2, -0.15) is 0 Å². The second kappa shape index (κ2) is 13.5. The largest absolute Gasteiger partial charge is 0.356 e. The SMILES string of the molecule is Cc1[c-]cc(Cc2c(C)cc(Cc3c(C)cc(C)cc3C)cc2C)c[c-]1.[Y].[Y].[Y]. The summed E-state index contributed by atoms with van der Waals surface area (Å²) in [5, 5.41) is 0. The predicted molar refractivity (Wildman–Crippen MR) is 111 cm³/mol. The van der Waals surface area contributed by atoms with Crippen LogP contribution in [0.2, 0.25) is 0 Å². The number of aryl methyl sites for hydroxylation is 6. The van der Waals surface area contributed by atoms with E-state index < -0.39 is 0 Å². The third-order valence-corrected chi connectivity index (χ3v) is 5.31. The number of hydrogen-bond acceptors (Lipinski definition) is 0. The van der Waals surface area contributed by atoms with Gasteiger partial charge in [-0.25, -0.2) is 0 Å². The Morgan fingerprint density at radius 2 is 0.931 bits per heavy atom. The van der Waals surface area contributed by atoms with E-state index in [1.165, 1.54) is 50.1 Å². The van der Waals surface area contributed by atoms with Crippen LogP contribution in [0.1, 0.15) is 55.6 Å². The van der Waals surface area contributed by atoms with Gasteiger partial charge in [-0.1, -0.05) is 48.7 Å². The zero-order valence-corrected chi connectivity index (χ0v) is 27.1. The Kier molecular flexibility index (Phi) is 14.0. The first kappa shape index (κ1) is 30.0. The quantitative estimate of drug-likeness (QED) is 0.305. The fourth-order valence-corrected chi connectivity index (χ4v) is 3.95. The van der Waals surface area contributed by atoms with Crippen LogP contribution in [0.15, 0.2) is 36.4 Å². The fraction of sp³-hybridized carbons (Fsp3) is 0.308. The Balaban J connectivity index is 0.00000261. The van der Waals surface area contributed by atoms with Gasteiger partial charge in [-0.15, -0.1) is 0 Å². The van der Waals surface area contributed by atoms with Crippen molar-refractivity contribution in [1.29, 1.82) is 0 Å². The molecule has 0 atom stereocenters. The summed E-state index contributed by atoms with van der Waals surface area (Å²) in [6.07, 6.45) is 1.96. The molecule has 3 rings (SSSR count). The van der Waals surface area contributed by atoms with Gasteiger partial charge in [0.1, 0.15) is 0 Å². The minimum absolute atomic E-state index is 0. The molecule has 3 heteroatoms. The van der Waals surface area contributed by atoms with Crippen LogP contribution in [0.5, 0.6) is 0 Å². The minimum atomic E-state index is 0. The molecular weight excluding hydrogens is 579 g/mol. The Morgan fingerprint density at radius 3 is 1.38 bits per heavy atom. The summed E-state index contributed by atoms with van der Waals surface area (Å²) in [5.74, 6) is 0. The van der Waals surface area contributed by atoms with Crippen LogP contribution in [0.3, 0.4) is 0 Å². The maximum absolute atomic E-state index is 3.26. The van der Waals surface area contributed by atoms with Crippen LogP contribution in [0.4, 0.5) is 0 Å². The van der Waals surface area contributed by atoms with Gasteiger partial charge in [0.15, 0.2) is 0 Å². The fourth-order valence-electron chi connectivity index (χ4n) is 3.95. The van der Waals surface area contributed by atoms with Crippen molar-refractivity contribution in [2.24, 2.45) is 0 Å². The first-order valence-electron chi connectivity index (χ1n) is 9.38. The molecule has 0 saturated heterocycles. The first-order valence-corrected chi connectivity index (χ1v) is 9.38. The Hall–Kier alpha value is 0.972. The molecule has 0 aromatic heterocycles. The summed E-state index contributed by atoms with van der Waals surface area (Å²) in [7, 11) is 0. The van der Waals surface area contributed by atoms with E-state index in [1.807, 2.05) is 6.92 Å². The van der Waals surface area contributed by atoms with Gasteiger partial charge in [0.25, 0.3) is 0 Å². The summed E-state index contributed by atoms with van der Waals surface area (Å²) in [5.41, 5.74) is 13.5. The van der Waals surface area contributed by atoms with Gasteiger partial charge in [-0.3, -0.25) is 23.3 Å². The van der Waals surface area contributed by atoms with Crippen LogP contribution < -0.4 is 0 Å². The standard InChI is InChI=1S/C26H28.3Y/c1-17-7-9-23(10-8-17)15-25-21(5)13-24(14-22(25)6)16-26-19(3)11-18(2)12-20(26)4;;;/h9-14H,15-16H2,1-6H3;;;/q-2;;;. The van der Waals surface area contributed by atoms with E-state index in [9.17, 15) is 0 Å². The van der Waals surface area contributed by atoms with E-state index in [2.05, 4.69) is 83.1 Å². The minimum Gasteiger partial charge on any atom is -0.356 e. The average Bonchev–Trinajstić information content (AvgIpc) is 2.56. The van der Waals surface area contributed by atoms with Crippen LogP contribution >= 0.6 is 0 Å². The van der Waals surface area contributed by atoms with E-state index >= 15 is 0 Å². The Bertz CT molecular complexity index is 895.